The van der Waals surface area contributed by atoms with Crippen LogP contribution in [0.25, 0.3) is 0 Å². The largest absolute Gasteiger partial charge is 0.511 e. The Morgan fingerprint density at radius 3 is 2.70 bits per heavy atom. The second kappa shape index (κ2) is 5.70. The molecule has 0 heterocycles. The van der Waals surface area contributed by atoms with Crippen molar-refractivity contribution in [2.75, 3.05) is 0 Å². The first-order valence-corrected chi connectivity index (χ1v) is 7.40. The maximum atomic E-state index is 12.0. The molecule has 1 aliphatic rings. The lowest BCUT2D eigenvalue weighted by atomic mass is 9.77. The van der Waals surface area contributed by atoms with E-state index in [1.54, 1.807) is 12.1 Å². The van der Waals surface area contributed by atoms with Gasteiger partial charge in [-0.3, -0.25) is 9.79 Å². The summed E-state index contributed by atoms with van der Waals surface area (Å²) in [5, 5.41) is 10.5. The van der Waals surface area contributed by atoms with Crippen molar-refractivity contribution in [3.63, 3.8) is 0 Å². The van der Waals surface area contributed by atoms with E-state index in [1.165, 1.54) is 6.21 Å². The Hall–Kier alpha value is -1.13. The predicted molar refractivity (Wildman–Crippen MR) is 85.0 cm³/mol. The van der Waals surface area contributed by atoms with E-state index in [0.29, 0.717) is 23.6 Å². The molecule has 1 aromatic rings. The van der Waals surface area contributed by atoms with Gasteiger partial charge >= 0.3 is 0 Å². The lowest BCUT2D eigenvalue weighted by Gasteiger charge is -2.28. The van der Waals surface area contributed by atoms with Crippen LogP contribution in [0.3, 0.4) is 0 Å². The highest BCUT2D eigenvalue weighted by atomic mass is 79.9. The number of hydrogen-bond acceptors (Lipinski definition) is 3. The van der Waals surface area contributed by atoms with Crippen LogP contribution in [-0.2, 0) is 4.79 Å². The number of Topliss-reactive ketones (excluding diaryl/α,β-unsaturated/α-hetero) is 1. The van der Waals surface area contributed by atoms with Crippen LogP contribution in [0.15, 0.2) is 39.0 Å². The summed E-state index contributed by atoms with van der Waals surface area (Å²) < 4.78 is 0.860. The molecule has 0 saturated carbocycles. The quantitative estimate of drug-likeness (QED) is 0.758. The summed E-state index contributed by atoms with van der Waals surface area (Å²) in [6.45, 7) is 3.92. The smallest absolute Gasteiger partial charge is 0.168 e. The van der Waals surface area contributed by atoms with Crippen LogP contribution >= 0.6 is 27.5 Å². The van der Waals surface area contributed by atoms with Gasteiger partial charge < -0.3 is 5.11 Å². The van der Waals surface area contributed by atoms with Crippen LogP contribution in [0.2, 0.25) is 5.02 Å². The lowest BCUT2D eigenvalue weighted by molar-refractivity contribution is -0.117. The van der Waals surface area contributed by atoms with Gasteiger partial charge in [-0.2, -0.15) is 0 Å². The number of ketones is 1. The highest BCUT2D eigenvalue weighted by Gasteiger charge is 2.32. The molecule has 3 nitrogen and oxygen atoms in total. The van der Waals surface area contributed by atoms with Crippen LogP contribution in [-0.4, -0.2) is 17.1 Å². The van der Waals surface area contributed by atoms with E-state index in [9.17, 15) is 9.90 Å². The van der Waals surface area contributed by atoms with Gasteiger partial charge in [-0.25, -0.2) is 0 Å². The fourth-order valence-corrected chi connectivity index (χ4v) is 2.89. The van der Waals surface area contributed by atoms with Gasteiger partial charge in [0.1, 0.15) is 5.76 Å². The summed E-state index contributed by atoms with van der Waals surface area (Å²) in [6.07, 6.45) is 2.29. The minimum atomic E-state index is -0.201. The van der Waals surface area contributed by atoms with E-state index in [-0.39, 0.29) is 22.5 Å². The third-order valence-electron chi connectivity index (χ3n) is 3.14. The van der Waals surface area contributed by atoms with Crippen LogP contribution in [0, 0.1) is 5.41 Å². The summed E-state index contributed by atoms with van der Waals surface area (Å²) in [6, 6.07) is 5.30. The van der Waals surface area contributed by atoms with Gasteiger partial charge in [-0.1, -0.05) is 41.4 Å². The summed E-state index contributed by atoms with van der Waals surface area (Å²) in [7, 11) is 0. The number of benzene rings is 1. The van der Waals surface area contributed by atoms with Crippen molar-refractivity contribution >= 4 is 45.2 Å². The fourth-order valence-electron chi connectivity index (χ4n) is 2.17. The second-order valence-corrected chi connectivity index (χ2v) is 6.98. The SMILES string of the molecule is CC1(C)CC(=O)C(C=Nc2ccc(Br)cc2Cl)=C(O)C1. The number of aliphatic hydroxyl groups is 1. The molecule has 5 heteroatoms. The molecule has 20 heavy (non-hydrogen) atoms. The Morgan fingerprint density at radius 1 is 1.40 bits per heavy atom. The van der Waals surface area contributed by atoms with Crippen LogP contribution in [0.5, 0.6) is 0 Å². The molecule has 0 unspecified atom stereocenters. The summed E-state index contributed by atoms with van der Waals surface area (Å²) in [5.41, 5.74) is 0.643. The van der Waals surface area contributed by atoms with Gasteiger partial charge in [0, 0.05) is 23.5 Å². The molecule has 0 saturated heterocycles. The predicted octanol–water partition coefficient (Wildman–Crippen LogP) is 5.01. The van der Waals surface area contributed by atoms with Gasteiger partial charge in [0.15, 0.2) is 5.78 Å². The third-order valence-corrected chi connectivity index (χ3v) is 3.93. The van der Waals surface area contributed by atoms with E-state index >= 15 is 0 Å². The highest BCUT2D eigenvalue weighted by molar-refractivity contribution is 9.10. The van der Waals surface area contributed by atoms with Crippen molar-refractivity contribution in [2.45, 2.75) is 26.7 Å². The van der Waals surface area contributed by atoms with E-state index < -0.39 is 0 Å². The normalized spacial score (nSPS) is 18.9. The molecule has 0 aromatic heterocycles. The molecule has 0 fully saturated rings. The topological polar surface area (TPSA) is 49.7 Å². The first kappa shape index (κ1) is 15.3. The first-order valence-electron chi connectivity index (χ1n) is 6.23. The van der Waals surface area contributed by atoms with Crippen LogP contribution in [0.1, 0.15) is 26.7 Å². The van der Waals surface area contributed by atoms with E-state index in [2.05, 4.69) is 20.9 Å². The molecule has 0 radical (unpaired) electrons. The van der Waals surface area contributed by atoms with Gasteiger partial charge in [0.05, 0.1) is 16.3 Å². The van der Waals surface area contributed by atoms with Crippen molar-refractivity contribution in [2.24, 2.45) is 10.4 Å². The number of hydrogen-bond donors (Lipinski definition) is 1. The average molecular weight is 357 g/mol. The Balaban J connectivity index is 2.29. The van der Waals surface area contributed by atoms with Gasteiger partial charge in [-0.05, 0) is 23.6 Å². The summed E-state index contributed by atoms with van der Waals surface area (Å²) in [4.78, 5) is 16.2. The van der Waals surface area contributed by atoms with E-state index in [1.807, 2.05) is 19.9 Å². The van der Waals surface area contributed by atoms with Gasteiger partial charge in [0.25, 0.3) is 0 Å². The molecule has 0 spiro atoms. The molecule has 0 atom stereocenters. The standard InChI is InChI=1S/C15H15BrClNO2/c1-15(2)6-13(19)10(14(20)7-15)8-18-12-4-3-9(16)5-11(12)17/h3-5,8,19H,6-7H2,1-2H3. The third kappa shape index (κ3) is 3.49. The zero-order valence-corrected chi connectivity index (χ0v) is 13.6. The zero-order chi connectivity index (χ0) is 14.9. The average Bonchev–Trinajstić information content (AvgIpc) is 2.28. The number of rotatable bonds is 2. The molecule has 1 aliphatic carbocycles. The van der Waals surface area contributed by atoms with Crippen molar-refractivity contribution < 1.29 is 9.90 Å². The highest BCUT2D eigenvalue weighted by Crippen LogP contribution is 2.35. The second-order valence-electron chi connectivity index (χ2n) is 5.66. The van der Waals surface area contributed by atoms with Gasteiger partial charge in [-0.15, -0.1) is 0 Å². The number of carbonyl (C=O) groups excluding carboxylic acids is 1. The molecular weight excluding hydrogens is 342 g/mol. The summed E-state index contributed by atoms with van der Waals surface area (Å²) >= 11 is 9.37. The monoisotopic (exact) mass is 355 g/mol. The van der Waals surface area contributed by atoms with Crippen LogP contribution < -0.4 is 0 Å². The minimum Gasteiger partial charge on any atom is -0.511 e. The number of aliphatic imine (C=N–C) groups is 1. The molecule has 2 rings (SSSR count). The number of carbonyl (C=O) groups is 1. The van der Waals surface area contributed by atoms with E-state index in [0.717, 1.165) is 4.47 Å². The molecule has 1 N–H and O–H groups in total. The Bertz CT molecular complexity index is 620. The number of aliphatic hydroxyl groups excluding tert-OH is 1. The van der Waals surface area contributed by atoms with E-state index in [4.69, 9.17) is 11.6 Å². The Labute approximate surface area is 131 Å². The van der Waals surface area contributed by atoms with Crippen molar-refractivity contribution in [3.8, 4) is 0 Å². The van der Waals surface area contributed by atoms with Crippen molar-refractivity contribution in [3.05, 3.63) is 39.0 Å². The maximum absolute atomic E-state index is 12.0. The lowest BCUT2D eigenvalue weighted by Crippen LogP contribution is -2.26. The summed E-state index contributed by atoms with van der Waals surface area (Å²) in [5.74, 6) is 0.0129. The number of halogens is 2. The molecule has 1 aromatic carbocycles. The number of nitrogens with zero attached hydrogens (tertiary/aromatic N) is 1. The van der Waals surface area contributed by atoms with Crippen molar-refractivity contribution in [1.82, 2.24) is 0 Å². The molecule has 0 amide bonds. The molecule has 0 aliphatic heterocycles. The molecular formula is C15H15BrClNO2. The van der Waals surface area contributed by atoms with Gasteiger partial charge in [0.2, 0.25) is 0 Å². The zero-order valence-electron chi connectivity index (χ0n) is 11.3. The number of allylic oxidation sites excluding steroid dienone is 2. The molecule has 0 bridgehead atoms. The molecule has 106 valence electrons. The minimum absolute atomic E-state index is 0.0873. The Morgan fingerprint density at radius 2 is 2.10 bits per heavy atom. The Kier molecular flexibility index (Phi) is 4.35. The van der Waals surface area contributed by atoms with Crippen molar-refractivity contribution in [1.29, 1.82) is 0 Å². The first-order chi connectivity index (χ1) is 9.28. The maximum Gasteiger partial charge on any atom is 0.168 e. The fraction of sp³-hybridized carbons (Fsp3) is 0.333. The van der Waals surface area contributed by atoms with Crippen LogP contribution in [0.4, 0.5) is 5.69 Å².